The molecule has 2 heterocycles. The summed E-state index contributed by atoms with van der Waals surface area (Å²) < 4.78 is 6.35. The van der Waals surface area contributed by atoms with Crippen molar-refractivity contribution in [1.82, 2.24) is 4.98 Å². The second-order valence-electron chi connectivity index (χ2n) is 2.58. The van der Waals surface area contributed by atoms with E-state index in [-0.39, 0.29) is 0 Å². The van der Waals surface area contributed by atoms with Gasteiger partial charge in [-0.2, -0.15) is 0 Å². The molecule has 62 valence electrons. The van der Waals surface area contributed by atoms with Gasteiger partial charge in [-0.1, -0.05) is 0 Å². The molecule has 3 heteroatoms. The molecule has 2 aromatic rings. The van der Waals surface area contributed by atoms with Crippen LogP contribution in [-0.2, 0) is 0 Å². The number of nitrogens with zero attached hydrogens (tertiary/aromatic N) is 1. The lowest BCUT2D eigenvalue weighted by Crippen LogP contribution is -1.82. The molecule has 0 atom stereocenters. The van der Waals surface area contributed by atoms with E-state index in [1.807, 2.05) is 6.07 Å². The second-order valence-corrected chi connectivity index (χ2v) is 3.84. The minimum Gasteiger partial charge on any atom is -0.495 e. The number of hydrogen-bond acceptors (Lipinski definition) is 3. The van der Waals surface area contributed by atoms with Crippen molar-refractivity contribution in [1.29, 1.82) is 0 Å². The molecule has 2 aromatic heterocycles. The fourth-order valence-electron chi connectivity index (χ4n) is 1.19. The highest BCUT2D eigenvalue weighted by Gasteiger charge is 2.04. The van der Waals surface area contributed by atoms with Crippen molar-refractivity contribution in [2.24, 2.45) is 0 Å². The Labute approximate surface area is 74.8 Å². The standard InChI is InChI=1S/C9H9NOS/c1-6-5-7-9(12-6)8(11-2)3-4-10-7/h3-5H,1-2H3. The molecule has 0 saturated carbocycles. The molecule has 0 bridgehead atoms. The predicted molar refractivity (Wildman–Crippen MR) is 50.9 cm³/mol. The van der Waals surface area contributed by atoms with E-state index in [9.17, 15) is 0 Å². The van der Waals surface area contributed by atoms with Crippen LogP contribution in [0.15, 0.2) is 18.3 Å². The Bertz CT molecular complexity index is 408. The average molecular weight is 179 g/mol. The van der Waals surface area contributed by atoms with Crippen molar-refractivity contribution in [3.63, 3.8) is 0 Å². The lowest BCUT2D eigenvalue weighted by atomic mass is 10.3. The topological polar surface area (TPSA) is 22.1 Å². The van der Waals surface area contributed by atoms with Crippen LogP contribution >= 0.6 is 11.3 Å². The maximum Gasteiger partial charge on any atom is 0.139 e. The summed E-state index contributed by atoms with van der Waals surface area (Å²) in [6, 6.07) is 3.96. The van der Waals surface area contributed by atoms with Gasteiger partial charge in [-0.05, 0) is 19.1 Å². The van der Waals surface area contributed by atoms with Gasteiger partial charge in [0.1, 0.15) is 5.75 Å². The molecular formula is C9H9NOS. The van der Waals surface area contributed by atoms with Crippen LogP contribution in [0.1, 0.15) is 4.88 Å². The van der Waals surface area contributed by atoms with Crippen LogP contribution in [0.3, 0.4) is 0 Å². The number of methoxy groups -OCH3 is 1. The van der Waals surface area contributed by atoms with Gasteiger partial charge in [0.15, 0.2) is 0 Å². The first-order valence-electron chi connectivity index (χ1n) is 3.70. The number of fused-ring (bicyclic) bond motifs is 1. The smallest absolute Gasteiger partial charge is 0.139 e. The van der Waals surface area contributed by atoms with Gasteiger partial charge < -0.3 is 4.74 Å². The lowest BCUT2D eigenvalue weighted by molar-refractivity contribution is 0.420. The second kappa shape index (κ2) is 2.75. The highest BCUT2D eigenvalue weighted by atomic mass is 32.1. The Morgan fingerprint density at radius 3 is 3.08 bits per heavy atom. The van der Waals surface area contributed by atoms with E-state index in [1.165, 1.54) is 4.88 Å². The number of pyridine rings is 1. The monoisotopic (exact) mass is 179 g/mol. The van der Waals surface area contributed by atoms with Gasteiger partial charge in [0.25, 0.3) is 0 Å². The summed E-state index contributed by atoms with van der Waals surface area (Å²) >= 11 is 1.72. The molecule has 12 heavy (non-hydrogen) atoms. The molecule has 0 aliphatic heterocycles. The van der Waals surface area contributed by atoms with Crippen LogP contribution in [0.25, 0.3) is 10.2 Å². The first-order chi connectivity index (χ1) is 5.81. The molecule has 0 aliphatic rings. The molecule has 2 nitrogen and oxygen atoms in total. The summed E-state index contributed by atoms with van der Waals surface area (Å²) in [6.07, 6.45) is 1.77. The van der Waals surface area contributed by atoms with Crippen LogP contribution in [0.2, 0.25) is 0 Å². The fraction of sp³-hybridized carbons (Fsp3) is 0.222. The number of aromatic nitrogens is 1. The summed E-state index contributed by atoms with van der Waals surface area (Å²) in [4.78, 5) is 5.51. The number of ether oxygens (including phenoxy) is 1. The third kappa shape index (κ3) is 1.06. The molecule has 0 saturated heterocycles. The van der Waals surface area contributed by atoms with E-state index in [0.717, 1.165) is 16.0 Å². The van der Waals surface area contributed by atoms with Crippen molar-refractivity contribution in [3.8, 4) is 5.75 Å². The Morgan fingerprint density at radius 1 is 1.50 bits per heavy atom. The van der Waals surface area contributed by atoms with Gasteiger partial charge in [-0.3, -0.25) is 4.98 Å². The Hall–Kier alpha value is -1.09. The fourth-order valence-corrected chi connectivity index (χ4v) is 2.16. The van der Waals surface area contributed by atoms with Crippen LogP contribution < -0.4 is 4.74 Å². The molecule has 0 fully saturated rings. The van der Waals surface area contributed by atoms with E-state index < -0.39 is 0 Å². The third-order valence-electron chi connectivity index (χ3n) is 1.72. The maximum absolute atomic E-state index is 5.21. The van der Waals surface area contributed by atoms with Crippen molar-refractivity contribution in [3.05, 3.63) is 23.2 Å². The number of rotatable bonds is 1. The number of hydrogen-bond donors (Lipinski definition) is 0. The predicted octanol–water partition coefficient (Wildman–Crippen LogP) is 2.61. The van der Waals surface area contributed by atoms with Crippen molar-refractivity contribution in [2.45, 2.75) is 6.92 Å². The molecule has 0 radical (unpaired) electrons. The Balaban J connectivity index is 2.78. The van der Waals surface area contributed by atoms with E-state index in [0.29, 0.717) is 0 Å². The molecule has 0 spiro atoms. The zero-order valence-electron chi connectivity index (χ0n) is 7.00. The summed E-state index contributed by atoms with van der Waals surface area (Å²) in [7, 11) is 1.68. The summed E-state index contributed by atoms with van der Waals surface area (Å²) in [5.74, 6) is 0.915. The highest BCUT2D eigenvalue weighted by Crippen LogP contribution is 2.31. The van der Waals surface area contributed by atoms with Gasteiger partial charge in [0.05, 0.1) is 17.3 Å². The third-order valence-corrected chi connectivity index (χ3v) is 2.77. The molecule has 0 N–H and O–H groups in total. The molecule has 0 aromatic carbocycles. The van der Waals surface area contributed by atoms with E-state index in [2.05, 4.69) is 18.0 Å². The molecular weight excluding hydrogens is 170 g/mol. The summed E-state index contributed by atoms with van der Waals surface area (Å²) in [6.45, 7) is 2.08. The first kappa shape index (κ1) is 7.55. The summed E-state index contributed by atoms with van der Waals surface area (Å²) in [5, 5.41) is 0. The Kier molecular flexibility index (Phi) is 1.73. The van der Waals surface area contributed by atoms with Gasteiger partial charge in [-0.25, -0.2) is 0 Å². The van der Waals surface area contributed by atoms with Crippen LogP contribution in [0, 0.1) is 6.92 Å². The quantitative estimate of drug-likeness (QED) is 0.671. The largest absolute Gasteiger partial charge is 0.495 e. The van der Waals surface area contributed by atoms with E-state index in [4.69, 9.17) is 4.74 Å². The lowest BCUT2D eigenvalue weighted by Gasteiger charge is -1.98. The zero-order chi connectivity index (χ0) is 8.55. The van der Waals surface area contributed by atoms with E-state index >= 15 is 0 Å². The van der Waals surface area contributed by atoms with Crippen molar-refractivity contribution < 1.29 is 4.74 Å². The van der Waals surface area contributed by atoms with Gasteiger partial charge in [0, 0.05) is 11.1 Å². The number of thiophene rings is 1. The first-order valence-corrected chi connectivity index (χ1v) is 4.52. The molecule has 0 amide bonds. The Morgan fingerprint density at radius 2 is 2.33 bits per heavy atom. The SMILES string of the molecule is COc1ccnc2cc(C)sc12. The highest BCUT2D eigenvalue weighted by molar-refractivity contribution is 7.19. The van der Waals surface area contributed by atoms with Gasteiger partial charge in [0.2, 0.25) is 0 Å². The minimum atomic E-state index is 0.915. The average Bonchev–Trinajstić information content (AvgIpc) is 2.44. The van der Waals surface area contributed by atoms with Gasteiger partial charge in [-0.15, -0.1) is 11.3 Å². The summed E-state index contributed by atoms with van der Waals surface area (Å²) in [5.41, 5.74) is 1.02. The van der Waals surface area contributed by atoms with Crippen molar-refractivity contribution in [2.75, 3.05) is 7.11 Å². The molecule has 0 unspecified atom stereocenters. The normalized spacial score (nSPS) is 10.5. The maximum atomic E-state index is 5.21. The van der Waals surface area contributed by atoms with Gasteiger partial charge >= 0.3 is 0 Å². The van der Waals surface area contributed by atoms with E-state index in [1.54, 1.807) is 24.6 Å². The van der Waals surface area contributed by atoms with Crippen LogP contribution in [-0.4, -0.2) is 12.1 Å². The van der Waals surface area contributed by atoms with Crippen LogP contribution in [0.4, 0.5) is 0 Å². The number of aryl methyl sites for hydroxylation is 1. The molecule has 0 aliphatic carbocycles. The van der Waals surface area contributed by atoms with Crippen LogP contribution in [0.5, 0.6) is 5.75 Å². The minimum absolute atomic E-state index is 0.915. The molecule has 2 rings (SSSR count). The zero-order valence-corrected chi connectivity index (χ0v) is 7.81. The van der Waals surface area contributed by atoms with Crippen molar-refractivity contribution >= 4 is 21.6 Å².